The number of nitrogens with zero attached hydrogens (tertiary/aromatic N) is 5. The Bertz CT molecular complexity index is 3940. The molecule has 600 valence electrons. The van der Waals surface area contributed by atoms with E-state index in [4.69, 9.17) is 0 Å². The lowest BCUT2D eigenvalue weighted by atomic mass is 10.00. The van der Waals surface area contributed by atoms with Crippen LogP contribution in [0.15, 0.2) is 55.2 Å². The number of rotatable bonds is 20. The first kappa shape index (κ1) is 86.5. The second kappa shape index (κ2) is 41.2. The number of benzene rings is 1. The topological polar surface area (TPSA) is 566 Å². The van der Waals surface area contributed by atoms with Crippen LogP contribution in [0, 0.1) is 11.8 Å². The minimum absolute atomic E-state index is 0.0494. The van der Waals surface area contributed by atoms with E-state index in [9.17, 15) is 82.8 Å². The fraction of sp³-hybridized carbons (Fsp3) is 0.592. The number of hydrogen-bond donors (Lipinski definition) is 18. The average molecular weight is 1560 g/mol. The molecule has 13 atom stereocenters. The van der Waals surface area contributed by atoms with Gasteiger partial charge in [-0.2, -0.15) is 11.8 Å². The number of carbonyl (C=O) groups excluding carboxylic acids is 12. The molecule has 7 rings (SSSR count). The molecule has 0 radical (unpaired) electrons. The molecule has 3 aromatic heterocycles. The monoisotopic (exact) mass is 1560 g/mol. The number of carbonyl (C=O) groups is 15. The fourth-order valence-electron chi connectivity index (χ4n) is 12.1. The minimum atomic E-state index is -1.94. The van der Waals surface area contributed by atoms with E-state index in [1.807, 2.05) is 0 Å². The number of carboxylic acid groups (broad SMARTS) is 3. The van der Waals surface area contributed by atoms with Gasteiger partial charge in [-0.3, -0.25) is 76.8 Å². The van der Waals surface area contributed by atoms with Crippen molar-refractivity contribution in [2.45, 2.75) is 235 Å². The minimum Gasteiger partial charge on any atom is -0.481 e. The predicted molar refractivity (Wildman–Crippen MR) is 394 cm³/mol. The highest BCUT2D eigenvalue weighted by molar-refractivity contribution is 7.99. The van der Waals surface area contributed by atoms with Crippen LogP contribution in [0.4, 0.5) is 0 Å². The fourth-order valence-corrected chi connectivity index (χ4v) is 13.2. The van der Waals surface area contributed by atoms with Crippen molar-refractivity contribution in [2.75, 3.05) is 18.1 Å². The zero-order chi connectivity index (χ0) is 80.5. The average Bonchev–Trinajstić information content (AvgIpc) is 1.74. The third-order valence-corrected chi connectivity index (χ3v) is 19.4. The van der Waals surface area contributed by atoms with Gasteiger partial charge in [0.2, 0.25) is 70.9 Å². The van der Waals surface area contributed by atoms with Crippen molar-refractivity contribution in [1.82, 2.24) is 99.1 Å². The van der Waals surface area contributed by atoms with Crippen molar-refractivity contribution >= 4 is 111 Å². The quantitative estimate of drug-likeness (QED) is 0.0424. The number of carboxylic acids is 3. The molecule has 4 bridgehead atoms. The van der Waals surface area contributed by atoms with Crippen LogP contribution < -0.4 is 69.1 Å². The molecule has 0 spiro atoms. The summed E-state index contributed by atoms with van der Waals surface area (Å²) >= 11 is 0.912. The van der Waals surface area contributed by atoms with Gasteiger partial charge in [0.15, 0.2) is 6.04 Å². The van der Waals surface area contributed by atoms with Gasteiger partial charge in [-0.1, -0.05) is 56.2 Å². The lowest BCUT2D eigenvalue weighted by molar-refractivity contribution is -0.145. The van der Waals surface area contributed by atoms with Crippen LogP contribution in [0.25, 0.3) is 10.8 Å². The highest BCUT2D eigenvalue weighted by Gasteiger charge is 2.39. The smallest absolute Gasteiger partial charge is 0.328 e. The van der Waals surface area contributed by atoms with Crippen LogP contribution in [0.1, 0.15) is 143 Å². The number of pyridine rings is 1. The van der Waals surface area contributed by atoms with Gasteiger partial charge in [0.25, 0.3) is 0 Å². The van der Waals surface area contributed by atoms with Gasteiger partial charge in [0, 0.05) is 78.9 Å². The number of aromatic nitrogens is 6. The van der Waals surface area contributed by atoms with E-state index in [1.165, 1.54) is 30.3 Å². The van der Waals surface area contributed by atoms with Gasteiger partial charge in [0.1, 0.15) is 60.4 Å². The first-order chi connectivity index (χ1) is 52.1. The molecule has 2 unspecified atom stereocenters. The van der Waals surface area contributed by atoms with Gasteiger partial charge >= 0.3 is 17.9 Å². The maximum absolute atomic E-state index is 15.1. The first-order valence-corrected chi connectivity index (χ1v) is 37.8. The lowest BCUT2D eigenvalue weighted by Crippen LogP contribution is -2.61. The van der Waals surface area contributed by atoms with Crippen LogP contribution >= 0.6 is 11.8 Å². The number of imidazole rings is 1. The number of amides is 12. The second-order valence-corrected chi connectivity index (χ2v) is 30.3. The van der Waals surface area contributed by atoms with Crippen LogP contribution in [-0.2, 0) is 97.7 Å². The summed E-state index contributed by atoms with van der Waals surface area (Å²) in [5.41, 5.74) is 0.0700. The Kier molecular flexibility index (Phi) is 32.4. The Balaban J connectivity index is 1.34. The van der Waals surface area contributed by atoms with Crippen molar-refractivity contribution in [3.8, 4) is 0 Å². The van der Waals surface area contributed by atoms with E-state index in [0.29, 0.717) is 35.0 Å². The summed E-state index contributed by atoms with van der Waals surface area (Å²) in [5.74, 6) is -17.4. The van der Waals surface area contributed by atoms with E-state index < -0.39 is 218 Å². The highest BCUT2D eigenvalue weighted by Crippen LogP contribution is 2.33. The van der Waals surface area contributed by atoms with Gasteiger partial charge in [-0.15, -0.1) is 5.10 Å². The number of thioether (sulfide) groups is 1. The molecule has 3 aliphatic rings. The molecule has 1 saturated carbocycles. The van der Waals surface area contributed by atoms with E-state index in [-0.39, 0.29) is 81.0 Å². The standard InChI is InChI=1S/C71H101N19O19S/c1-36(2)57-69(107)83-51(28-43-27-40-12-8-9-13-41(40)30-73-43)66(104)80-48(64(102)86-58(38(4)91)70(108)109)23-25-110-34-53(84-65(103)49(20-22-56(95)96)87-71(5,6)7)68(106)76-37(3)59(97)78-47-18-17-42-33-90(89-88-42)24-11-10-14-45(63(101)85-57)79-61(99)46(19-21-55(93)94)77-54(92)32-74-60(98)50(26-39-15-16-39)81-67(105)52(82-62(47)100)29-44-31-72-35-75-44/h8-9,12-13,27,30-31,33,35-39,45-53,57-58,87,91H,10-11,14-26,28-29,32,34H2,1-7H3,(H,72,75)(H,74,98)(H,76,106)(H,77,92)(H,78,97)(H,79,99)(H,80,104)(H,81,105)(H,82,100)(H,83,107)(H,84,103)(H,85,101)(H,86,102)(H,93,94)(H,95,96)(H,108,109)/t37-,38+,45-,46-,47-,48-,49-,50-,51?,52-,53-,57-,58?/m0/s1. The van der Waals surface area contributed by atoms with Crippen molar-refractivity contribution in [3.05, 3.63) is 72.3 Å². The van der Waals surface area contributed by atoms with Crippen molar-refractivity contribution in [3.63, 3.8) is 0 Å². The third-order valence-electron chi connectivity index (χ3n) is 18.4. The molecule has 4 aromatic rings. The van der Waals surface area contributed by atoms with E-state index >= 15 is 9.59 Å². The van der Waals surface area contributed by atoms with E-state index in [1.54, 1.807) is 71.1 Å². The summed E-state index contributed by atoms with van der Waals surface area (Å²) in [6, 6.07) is -10.1. The Hall–Kier alpha value is -10.7. The highest BCUT2D eigenvalue weighted by atomic mass is 32.2. The zero-order valence-corrected chi connectivity index (χ0v) is 63.2. The molecule has 18 N–H and O–H groups in total. The Morgan fingerprint density at radius 3 is 2.00 bits per heavy atom. The number of aliphatic hydroxyl groups is 1. The van der Waals surface area contributed by atoms with Crippen molar-refractivity contribution < 1.29 is 92.3 Å². The molecular formula is C71H101N19O19S. The maximum atomic E-state index is 15.1. The van der Waals surface area contributed by atoms with Crippen LogP contribution in [0.5, 0.6) is 0 Å². The lowest BCUT2D eigenvalue weighted by Gasteiger charge is -2.30. The van der Waals surface area contributed by atoms with Gasteiger partial charge < -0.3 is 94.5 Å². The van der Waals surface area contributed by atoms with Gasteiger partial charge in [0.05, 0.1) is 30.7 Å². The molecular weight excluding hydrogens is 1450 g/mol. The van der Waals surface area contributed by atoms with E-state index in [2.05, 4.69) is 94.4 Å². The molecule has 12 amide bonds. The van der Waals surface area contributed by atoms with Crippen LogP contribution in [0.2, 0.25) is 0 Å². The van der Waals surface area contributed by atoms with Crippen LogP contribution in [-0.4, -0.2) is 241 Å². The number of hydrogen-bond acceptors (Lipinski definition) is 22. The maximum Gasteiger partial charge on any atom is 0.328 e. The molecule has 5 heterocycles. The third kappa shape index (κ3) is 28.1. The summed E-state index contributed by atoms with van der Waals surface area (Å²) in [4.78, 5) is 224. The Morgan fingerprint density at radius 2 is 1.34 bits per heavy atom. The summed E-state index contributed by atoms with van der Waals surface area (Å²) in [6.45, 7) is 9.93. The van der Waals surface area contributed by atoms with Gasteiger partial charge in [-0.25, -0.2) is 9.78 Å². The SMILES string of the molecule is CC(C)[C@@H]1NC(=O)[C@@H]2CCCCn3cc(nn3)CC[C@H](NC(=O)[C@H](C)NC(=O)[C@@H](NC(=O)[C@H](CCC(=O)O)NC(C)(C)C)CSCC[C@@H](C(=O)NC(C(=O)O)[C@@H](C)O)NC(=O)C(Cc3cc4ccccc4cn3)NC1=O)C(=O)N[C@@H](Cc1cnc[nH]1)C(=O)N[C@@H](CC1CC1)C(=O)NCC(=O)N[C@@H](CCC(=O)O)C(=O)N2. The van der Waals surface area contributed by atoms with Crippen molar-refractivity contribution in [2.24, 2.45) is 11.8 Å². The zero-order valence-electron chi connectivity index (χ0n) is 62.3. The second-order valence-electron chi connectivity index (χ2n) is 29.2. The van der Waals surface area contributed by atoms with Gasteiger partial charge in [-0.05, 0) is 121 Å². The van der Waals surface area contributed by atoms with E-state index in [0.717, 1.165) is 18.7 Å². The summed E-state index contributed by atoms with van der Waals surface area (Å²) in [5, 5.41) is 84.2. The molecule has 1 aliphatic carbocycles. The number of aliphatic hydroxyl groups excluding tert-OH is 1. The molecule has 0 saturated heterocycles. The number of nitrogens with one attached hydrogen (secondary N) is 14. The molecule has 2 aliphatic heterocycles. The Morgan fingerprint density at radius 1 is 0.682 bits per heavy atom. The summed E-state index contributed by atoms with van der Waals surface area (Å²) in [6.07, 6.45) is 2.36. The molecule has 38 nitrogen and oxygen atoms in total. The number of aliphatic carboxylic acids is 3. The largest absolute Gasteiger partial charge is 0.481 e. The number of aromatic amines is 1. The first-order valence-electron chi connectivity index (χ1n) is 36.6. The van der Waals surface area contributed by atoms with Crippen molar-refractivity contribution in [1.29, 1.82) is 0 Å². The molecule has 1 aromatic carbocycles. The summed E-state index contributed by atoms with van der Waals surface area (Å²) < 4.78 is 1.45. The normalized spacial score (nSPS) is 24.4. The summed E-state index contributed by atoms with van der Waals surface area (Å²) in [7, 11) is 0. The number of aryl methyl sites for hydroxylation is 2. The Labute approximate surface area is 637 Å². The molecule has 110 heavy (non-hydrogen) atoms. The van der Waals surface area contributed by atoms with Crippen LogP contribution in [0.3, 0.4) is 0 Å². The molecule has 1 fully saturated rings. The number of H-pyrrole nitrogens is 1. The predicted octanol–water partition coefficient (Wildman–Crippen LogP) is -2.84. The molecule has 39 heteroatoms. The number of fused-ring (bicyclic) bond motifs is 7.